The molecule has 1 N–H and O–H groups in total. The maximum atomic E-state index is 13.2. The molecule has 0 saturated carbocycles. The number of amides is 1. The van der Waals surface area contributed by atoms with Crippen molar-refractivity contribution < 1.29 is 9.18 Å². The highest BCUT2D eigenvalue weighted by molar-refractivity contribution is 7.99. The minimum absolute atomic E-state index is 0.0300. The molecule has 0 saturated heterocycles. The molecule has 128 valence electrons. The number of halogens is 1. The first-order valence-corrected chi connectivity index (χ1v) is 9.40. The van der Waals surface area contributed by atoms with Crippen LogP contribution in [0.25, 0.3) is 5.69 Å². The van der Waals surface area contributed by atoms with Crippen LogP contribution in [0.5, 0.6) is 0 Å². The van der Waals surface area contributed by atoms with Gasteiger partial charge in [-0.3, -0.25) is 4.79 Å². The van der Waals surface area contributed by atoms with Crippen molar-refractivity contribution in [1.82, 2.24) is 15.1 Å². The molecule has 4 nitrogen and oxygen atoms in total. The molecular weight excluding hydrogens is 325 g/mol. The number of hydrogen-bond acceptors (Lipinski definition) is 3. The van der Waals surface area contributed by atoms with E-state index in [1.165, 1.54) is 23.9 Å². The normalized spacial score (nSPS) is 18.9. The lowest BCUT2D eigenvalue weighted by molar-refractivity contribution is -0.119. The number of fused-ring (bicyclic) bond motifs is 1. The molecule has 24 heavy (non-hydrogen) atoms. The Labute approximate surface area is 145 Å². The zero-order valence-electron chi connectivity index (χ0n) is 14.2. The fourth-order valence-electron chi connectivity index (χ4n) is 3.34. The molecule has 0 bridgehead atoms. The molecule has 0 unspecified atom stereocenters. The van der Waals surface area contributed by atoms with Gasteiger partial charge in [0.1, 0.15) is 5.82 Å². The van der Waals surface area contributed by atoms with E-state index in [2.05, 4.69) is 24.3 Å². The Bertz CT molecular complexity index is 739. The molecule has 0 aliphatic heterocycles. The van der Waals surface area contributed by atoms with E-state index in [9.17, 15) is 9.18 Å². The van der Waals surface area contributed by atoms with Crippen molar-refractivity contribution in [1.29, 1.82) is 0 Å². The van der Waals surface area contributed by atoms with Gasteiger partial charge in [-0.15, -0.1) is 0 Å². The molecule has 0 spiro atoms. The highest BCUT2D eigenvalue weighted by atomic mass is 32.2. The Morgan fingerprint density at radius 3 is 2.79 bits per heavy atom. The minimum atomic E-state index is -0.262. The predicted molar refractivity (Wildman–Crippen MR) is 94.9 cm³/mol. The first kappa shape index (κ1) is 17.0. The van der Waals surface area contributed by atoms with Crippen molar-refractivity contribution in [2.75, 3.05) is 12.0 Å². The molecule has 0 radical (unpaired) electrons. The molecule has 1 amide bonds. The van der Waals surface area contributed by atoms with E-state index in [1.807, 2.05) is 17.1 Å². The fourth-order valence-corrected chi connectivity index (χ4v) is 3.69. The van der Waals surface area contributed by atoms with E-state index in [1.54, 1.807) is 12.1 Å². The highest BCUT2D eigenvalue weighted by Crippen LogP contribution is 2.41. The van der Waals surface area contributed by atoms with Gasteiger partial charge in [0.15, 0.2) is 0 Å². The van der Waals surface area contributed by atoms with Gasteiger partial charge in [0, 0.05) is 5.56 Å². The lowest BCUT2D eigenvalue weighted by atomic mass is 9.74. The van der Waals surface area contributed by atoms with Crippen LogP contribution >= 0.6 is 11.8 Å². The fraction of sp³-hybridized carbons (Fsp3) is 0.444. The summed E-state index contributed by atoms with van der Waals surface area (Å²) in [6, 6.07) is 6.30. The maximum absolute atomic E-state index is 13.2. The summed E-state index contributed by atoms with van der Waals surface area (Å²) in [5, 5.41) is 7.64. The van der Waals surface area contributed by atoms with Gasteiger partial charge in [0.2, 0.25) is 5.91 Å². The van der Waals surface area contributed by atoms with E-state index in [0.29, 0.717) is 5.75 Å². The number of carbonyl (C=O) groups is 1. The average Bonchev–Trinajstić information content (AvgIpc) is 2.90. The first-order chi connectivity index (χ1) is 11.4. The van der Waals surface area contributed by atoms with Gasteiger partial charge in [-0.2, -0.15) is 16.9 Å². The van der Waals surface area contributed by atoms with Crippen molar-refractivity contribution >= 4 is 17.7 Å². The SMILES string of the molecule is CSCC(=O)N[C@@H]1CC(C)(C)Cc2c1cnn2-c1ccc(F)cc1. The second kappa shape index (κ2) is 6.59. The quantitative estimate of drug-likeness (QED) is 0.921. The minimum Gasteiger partial charge on any atom is -0.348 e. The van der Waals surface area contributed by atoms with Gasteiger partial charge < -0.3 is 5.32 Å². The Balaban J connectivity index is 1.96. The van der Waals surface area contributed by atoms with E-state index in [4.69, 9.17) is 0 Å². The second-order valence-electron chi connectivity index (χ2n) is 7.03. The van der Waals surface area contributed by atoms with Crippen molar-refractivity contribution in [2.45, 2.75) is 32.7 Å². The summed E-state index contributed by atoms with van der Waals surface area (Å²) in [4.78, 5) is 12.0. The molecule has 1 aliphatic rings. The average molecular weight is 347 g/mol. The summed E-state index contributed by atoms with van der Waals surface area (Å²) in [7, 11) is 0. The molecule has 1 aromatic carbocycles. The summed E-state index contributed by atoms with van der Waals surface area (Å²) in [6.07, 6.45) is 5.50. The van der Waals surface area contributed by atoms with E-state index >= 15 is 0 Å². The first-order valence-electron chi connectivity index (χ1n) is 8.01. The second-order valence-corrected chi connectivity index (χ2v) is 7.90. The Kier molecular flexibility index (Phi) is 4.67. The van der Waals surface area contributed by atoms with Crippen LogP contribution < -0.4 is 5.32 Å². The van der Waals surface area contributed by atoms with Crippen LogP contribution in [-0.2, 0) is 11.2 Å². The summed E-state index contributed by atoms with van der Waals surface area (Å²) in [5.74, 6) is 0.242. The van der Waals surface area contributed by atoms with Crippen LogP contribution in [0.15, 0.2) is 30.5 Å². The molecular formula is C18H22FN3OS. The topological polar surface area (TPSA) is 46.9 Å². The lowest BCUT2D eigenvalue weighted by Gasteiger charge is -2.36. The van der Waals surface area contributed by atoms with Crippen LogP contribution in [0, 0.1) is 11.2 Å². The molecule has 1 heterocycles. The van der Waals surface area contributed by atoms with Crippen molar-refractivity contribution in [2.24, 2.45) is 5.41 Å². The monoisotopic (exact) mass is 347 g/mol. The third kappa shape index (κ3) is 3.48. The molecule has 6 heteroatoms. The zero-order chi connectivity index (χ0) is 17.3. The number of nitrogens with one attached hydrogen (secondary N) is 1. The zero-order valence-corrected chi connectivity index (χ0v) is 15.0. The molecule has 0 fully saturated rings. The van der Waals surface area contributed by atoms with Crippen LogP contribution in [0.2, 0.25) is 0 Å². The van der Waals surface area contributed by atoms with E-state index < -0.39 is 0 Å². The van der Waals surface area contributed by atoms with Crippen LogP contribution in [0.3, 0.4) is 0 Å². The smallest absolute Gasteiger partial charge is 0.230 e. The van der Waals surface area contributed by atoms with Gasteiger partial charge in [-0.25, -0.2) is 9.07 Å². The summed E-state index contributed by atoms with van der Waals surface area (Å²) in [5.41, 5.74) is 3.05. The van der Waals surface area contributed by atoms with E-state index in [0.717, 1.165) is 29.8 Å². The lowest BCUT2D eigenvalue weighted by Crippen LogP contribution is -2.37. The number of thioether (sulfide) groups is 1. The standard InChI is InChI=1S/C18H22FN3OS/c1-18(2)8-15(21-17(23)11-24-3)14-10-20-22(16(14)9-18)13-6-4-12(19)5-7-13/h4-7,10,15H,8-9,11H2,1-3H3,(H,21,23)/t15-/m1/s1. The predicted octanol–water partition coefficient (Wildman–Crippen LogP) is 3.50. The Morgan fingerprint density at radius 1 is 1.42 bits per heavy atom. The highest BCUT2D eigenvalue weighted by Gasteiger charge is 2.35. The maximum Gasteiger partial charge on any atom is 0.230 e. The van der Waals surface area contributed by atoms with E-state index in [-0.39, 0.29) is 23.2 Å². The van der Waals surface area contributed by atoms with Crippen molar-refractivity contribution in [3.8, 4) is 5.69 Å². The van der Waals surface area contributed by atoms with Crippen molar-refractivity contribution in [3.05, 3.63) is 47.5 Å². The number of carbonyl (C=O) groups excluding carboxylic acids is 1. The van der Waals surface area contributed by atoms with Gasteiger partial charge in [-0.05, 0) is 48.8 Å². The molecule has 1 aromatic heterocycles. The van der Waals surface area contributed by atoms with Gasteiger partial charge in [0.05, 0.1) is 29.4 Å². The summed E-state index contributed by atoms with van der Waals surface area (Å²) >= 11 is 1.51. The Morgan fingerprint density at radius 2 is 2.12 bits per heavy atom. The molecule has 1 aliphatic carbocycles. The van der Waals surface area contributed by atoms with Gasteiger partial charge in [0.25, 0.3) is 0 Å². The number of benzene rings is 1. The van der Waals surface area contributed by atoms with Crippen LogP contribution in [-0.4, -0.2) is 27.7 Å². The molecule has 2 aromatic rings. The van der Waals surface area contributed by atoms with Crippen LogP contribution in [0.4, 0.5) is 4.39 Å². The van der Waals surface area contributed by atoms with Gasteiger partial charge >= 0.3 is 0 Å². The Hall–Kier alpha value is -1.82. The number of nitrogens with zero attached hydrogens (tertiary/aromatic N) is 2. The largest absolute Gasteiger partial charge is 0.348 e. The van der Waals surface area contributed by atoms with Gasteiger partial charge in [-0.1, -0.05) is 13.8 Å². The third-order valence-electron chi connectivity index (χ3n) is 4.36. The number of hydrogen-bond donors (Lipinski definition) is 1. The van der Waals surface area contributed by atoms with Crippen molar-refractivity contribution in [3.63, 3.8) is 0 Å². The summed E-state index contributed by atoms with van der Waals surface area (Å²) in [6.45, 7) is 4.40. The summed E-state index contributed by atoms with van der Waals surface area (Å²) < 4.78 is 15.1. The van der Waals surface area contributed by atoms with Crippen LogP contribution in [0.1, 0.15) is 37.6 Å². The molecule has 1 atom stereocenters. The molecule has 3 rings (SSSR count). The number of aromatic nitrogens is 2. The number of rotatable bonds is 4. The third-order valence-corrected chi connectivity index (χ3v) is 4.91.